The highest BCUT2D eigenvalue weighted by Crippen LogP contribution is 2.22. The van der Waals surface area contributed by atoms with E-state index in [1.54, 1.807) is 23.1 Å². The van der Waals surface area contributed by atoms with Crippen molar-refractivity contribution in [3.05, 3.63) is 83.7 Å². The van der Waals surface area contributed by atoms with Gasteiger partial charge in [-0.25, -0.2) is 4.39 Å². The molecule has 0 bridgehead atoms. The van der Waals surface area contributed by atoms with Crippen LogP contribution in [0.1, 0.15) is 28.9 Å². The minimum Gasteiger partial charge on any atom is -0.343 e. The molecule has 4 rings (SSSR count). The molecule has 1 heterocycles. The number of fused-ring (bicyclic) bond motifs is 1. The Kier molecular flexibility index (Phi) is 6.28. The normalized spacial score (nSPS) is 15.6. The summed E-state index contributed by atoms with van der Waals surface area (Å²) in [7, 11) is 0. The number of hydrogen-bond donors (Lipinski definition) is 1. The van der Waals surface area contributed by atoms with E-state index in [2.05, 4.69) is 17.1 Å². The molecule has 1 aliphatic heterocycles. The third-order valence-electron chi connectivity index (χ3n) is 5.96. The van der Waals surface area contributed by atoms with Gasteiger partial charge in [0.1, 0.15) is 5.82 Å². The second-order valence-electron chi connectivity index (χ2n) is 7.89. The molecule has 0 radical (unpaired) electrons. The zero-order valence-electron chi connectivity index (χ0n) is 17.6. The highest BCUT2D eigenvalue weighted by atomic mass is 19.1. The van der Waals surface area contributed by atoms with Crippen molar-refractivity contribution in [2.75, 3.05) is 32.7 Å². The highest BCUT2D eigenvalue weighted by Gasteiger charge is 2.25. The van der Waals surface area contributed by atoms with Gasteiger partial charge in [0.2, 0.25) is 5.91 Å². The molecule has 1 saturated heterocycles. The second-order valence-corrected chi connectivity index (χ2v) is 7.89. The molecule has 1 fully saturated rings. The van der Waals surface area contributed by atoms with Crippen molar-refractivity contribution in [3.63, 3.8) is 0 Å². The Labute approximate surface area is 181 Å². The van der Waals surface area contributed by atoms with Crippen molar-refractivity contribution in [1.82, 2.24) is 15.1 Å². The molecule has 1 atom stereocenters. The van der Waals surface area contributed by atoms with E-state index in [0.717, 1.165) is 16.3 Å². The molecule has 1 N–H and O–H groups in total. The van der Waals surface area contributed by atoms with E-state index in [0.29, 0.717) is 31.7 Å². The van der Waals surface area contributed by atoms with Gasteiger partial charge in [0, 0.05) is 37.8 Å². The van der Waals surface area contributed by atoms with Crippen LogP contribution in [0.15, 0.2) is 66.7 Å². The van der Waals surface area contributed by atoms with Crippen LogP contribution < -0.4 is 5.32 Å². The quantitative estimate of drug-likeness (QED) is 0.687. The SMILES string of the molecule is C[C@@H](c1cccc(F)c1)N1CCN(C(=O)CNC(=O)c2ccc3ccccc3c2)CC1. The van der Waals surface area contributed by atoms with Crippen molar-refractivity contribution in [2.45, 2.75) is 13.0 Å². The number of amides is 2. The van der Waals surface area contributed by atoms with Crippen molar-refractivity contribution in [1.29, 1.82) is 0 Å². The van der Waals surface area contributed by atoms with Crippen LogP contribution in [0.2, 0.25) is 0 Å². The molecular weight excluding hydrogens is 393 g/mol. The predicted octanol–water partition coefficient (Wildman–Crippen LogP) is 3.61. The Hall–Kier alpha value is -3.25. The number of carbonyl (C=O) groups excluding carboxylic acids is 2. The smallest absolute Gasteiger partial charge is 0.251 e. The van der Waals surface area contributed by atoms with Gasteiger partial charge in [-0.1, -0.05) is 42.5 Å². The lowest BCUT2D eigenvalue weighted by Crippen LogP contribution is -2.51. The average Bonchev–Trinajstić information content (AvgIpc) is 2.81. The van der Waals surface area contributed by atoms with Gasteiger partial charge in [-0.05, 0) is 47.5 Å². The highest BCUT2D eigenvalue weighted by molar-refractivity contribution is 6.00. The molecule has 31 heavy (non-hydrogen) atoms. The Bertz CT molecular complexity index is 1090. The number of rotatable bonds is 5. The molecule has 0 aromatic heterocycles. The molecule has 3 aromatic rings. The Morgan fingerprint density at radius 1 is 0.935 bits per heavy atom. The van der Waals surface area contributed by atoms with E-state index in [1.807, 2.05) is 42.5 Å². The lowest BCUT2D eigenvalue weighted by molar-refractivity contribution is -0.132. The zero-order chi connectivity index (χ0) is 21.8. The second kappa shape index (κ2) is 9.27. The maximum atomic E-state index is 13.5. The maximum absolute atomic E-state index is 13.5. The van der Waals surface area contributed by atoms with Gasteiger partial charge in [-0.3, -0.25) is 14.5 Å². The van der Waals surface area contributed by atoms with Crippen LogP contribution in [0.4, 0.5) is 4.39 Å². The summed E-state index contributed by atoms with van der Waals surface area (Å²) in [6.45, 7) is 4.62. The molecule has 0 aliphatic carbocycles. The third kappa shape index (κ3) is 4.91. The first kappa shape index (κ1) is 21.0. The molecule has 1 aliphatic rings. The summed E-state index contributed by atoms with van der Waals surface area (Å²) in [5.41, 5.74) is 1.47. The van der Waals surface area contributed by atoms with Gasteiger partial charge in [0.05, 0.1) is 6.54 Å². The van der Waals surface area contributed by atoms with Crippen molar-refractivity contribution < 1.29 is 14.0 Å². The van der Waals surface area contributed by atoms with E-state index in [9.17, 15) is 14.0 Å². The van der Waals surface area contributed by atoms with Gasteiger partial charge in [0.15, 0.2) is 0 Å². The van der Waals surface area contributed by atoms with Crippen LogP contribution >= 0.6 is 0 Å². The van der Waals surface area contributed by atoms with Crippen molar-refractivity contribution in [3.8, 4) is 0 Å². The minimum absolute atomic E-state index is 0.0227. The van der Waals surface area contributed by atoms with Gasteiger partial charge < -0.3 is 10.2 Å². The summed E-state index contributed by atoms with van der Waals surface area (Å²) >= 11 is 0. The van der Waals surface area contributed by atoms with Crippen LogP contribution in [0.5, 0.6) is 0 Å². The summed E-state index contributed by atoms with van der Waals surface area (Å²) in [5.74, 6) is -0.579. The number of benzene rings is 3. The number of nitrogens with zero attached hydrogens (tertiary/aromatic N) is 2. The first-order valence-electron chi connectivity index (χ1n) is 10.6. The molecular formula is C25H26FN3O2. The molecule has 0 unspecified atom stereocenters. The number of piperazine rings is 1. The van der Waals surface area contributed by atoms with Crippen molar-refractivity contribution >= 4 is 22.6 Å². The Balaban J connectivity index is 1.28. The molecule has 2 amide bonds. The van der Waals surface area contributed by atoms with Gasteiger partial charge in [-0.15, -0.1) is 0 Å². The number of nitrogens with one attached hydrogen (secondary N) is 1. The van der Waals surface area contributed by atoms with Crippen LogP contribution in [-0.2, 0) is 4.79 Å². The van der Waals surface area contributed by atoms with E-state index in [1.165, 1.54) is 6.07 Å². The molecule has 160 valence electrons. The fraction of sp³-hybridized carbons (Fsp3) is 0.280. The minimum atomic E-state index is -0.252. The number of halogens is 1. The van der Waals surface area contributed by atoms with Crippen LogP contribution in [0.3, 0.4) is 0 Å². The van der Waals surface area contributed by atoms with E-state index >= 15 is 0 Å². The lowest BCUT2D eigenvalue weighted by Gasteiger charge is -2.38. The molecule has 0 saturated carbocycles. The summed E-state index contributed by atoms with van der Waals surface area (Å²) in [5, 5.41) is 4.80. The molecule has 0 spiro atoms. The monoisotopic (exact) mass is 419 g/mol. The Morgan fingerprint density at radius 3 is 2.42 bits per heavy atom. The summed E-state index contributed by atoms with van der Waals surface area (Å²) in [6.07, 6.45) is 0. The number of hydrogen-bond acceptors (Lipinski definition) is 3. The van der Waals surface area contributed by atoms with E-state index < -0.39 is 0 Å². The van der Waals surface area contributed by atoms with Gasteiger partial charge in [0.25, 0.3) is 5.91 Å². The summed E-state index contributed by atoms with van der Waals surface area (Å²) in [4.78, 5) is 29.1. The molecule has 3 aromatic carbocycles. The summed E-state index contributed by atoms with van der Waals surface area (Å²) < 4.78 is 13.5. The van der Waals surface area contributed by atoms with Gasteiger partial charge >= 0.3 is 0 Å². The van der Waals surface area contributed by atoms with Crippen LogP contribution in [0, 0.1) is 5.82 Å². The average molecular weight is 420 g/mol. The molecule has 6 heteroatoms. The Morgan fingerprint density at radius 2 is 1.68 bits per heavy atom. The topological polar surface area (TPSA) is 52.6 Å². The zero-order valence-corrected chi connectivity index (χ0v) is 17.6. The standard InChI is InChI=1S/C25H26FN3O2/c1-18(20-7-4-8-23(26)16-20)28-11-13-29(14-12-28)24(30)17-27-25(31)22-10-9-19-5-2-3-6-21(19)15-22/h2-10,15-16,18H,11-14,17H2,1H3,(H,27,31)/t18-/m0/s1. The third-order valence-corrected chi connectivity index (χ3v) is 5.96. The summed E-state index contributed by atoms with van der Waals surface area (Å²) in [6, 6.07) is 20.1. The maximum Gasteiger partial charge on any atom is 0.251 e. The fourth-order valence-electron chi connectivity index (χ4n) is 4.04. The van der Waals surface area contributed by atoms with Crippen molar-refractivity contribution in [2.24, 2.45) is 0 Å². The number of carbonyl (C=O) groups is 2. The first-order chi connectivity index (χ1) is 15.0. The fourth-order valence-corrected chi connectivity index (χ4v) is 4.04. The van der Waals surface area contributed by atoms with Crippen LogP contribution in [-0.4, -0.2) is 54.3 Å². The largest absolute Gasteiger partial charge is 0.343 e. The lowest BCUT2D eigenvalue weighted by atomic mass is 10.1. The first-order valence-corrected chi connectivity index (χ1v) is 10.6. The van der Waals surface area contributed by atoms with Crippen LogP contribution in [0.25, 0.3) is 10.8 Å². The predicted molar refractivity (Wildman–Crippen MR) is 119 cm³/mol. The van der Waals surface area contributed by atoms with Gasteiger partial charge in [-0.2, -0.15) is 0 Å². The van der Waals surface area contributed by atoms with E-state index in [-0.39, 0.29) is 30.2 Å². The van der Waals surface area contributed by atoms with E-state index in [4.69, 9.17) is 0 Å². The molecule has 5 nitrogen and oxygen atoms in total.